The van der Waals surface area contributed by atoms with Crippen LogP contribution in [-0.2, 0) is 0 Å². The molecule has 1 unspecified atom stereocenters. The van der Waals surface area contributed by atoms with Gasteiger partial charge in [-0.25, -0.2) is 4.39 Å². The fourth-order valence-corrected chi connectivity index (χ4v) is 2.30. The second kappa shape index (κ2) is 5.64. The third-order valence-corrected chi connectivity index (χ3v) is 3.33. The number of halogens is 2. The molecule has 1 aliphatic heterocycles. The Morgan fingerprint density at radius 3 is 3.00 bits per heavy atom. The topological polar surface area (TPSA) is 21.3 Å². The van der Waals surface area contributed by atoms with E-state index in [1.54, 1.807) is 6.07 Å². The molecule has 88 valence electrons. The van der Waals surface area contributed by atoms with Crippen LogP contribution in [0.25, 0.3) is 0 Å². The molecule has 1 aromatic rings. The van der Waals surface area contributed by atoms with Crippen molar-refractivity contribution in [3.63, 3.8) is 0 Å². The highest BCUT2D eigenvalue weighted by molar-refractivity contribution is 9.10. The molecule has 0 amide bonds. The molecule has 0 radical (unpaired) electrons. The van der Waals surface area contributed by atoms with Gasteiger partial charge >= 0.3 is 0 Å². The van der Waals surface area contributed by atoms with Crippen molar-refractivity contribution in [2.75, 3.05) is 13.1 Å². The van der Waals surface area contributed by atoms with Crippen molar-refractivity contribution in [1.82, 2.24) is 5.32 Å². The Hall–Kier alpha value is -0.610. The van der Waals surface area contributed by atoms with Gasteiger partial charge in [-0.05, 0) is 66.5 Å². The molecule has 0 aromatic heterocycles. The lowest BCUT2D eigenvalue weighted by molar-refractivity contribution is 0.186. The minimum Gasteiger partial charge on any atom is -0.489 e. The standard InChI is InChI=1S/C12H15BrFNO/c13-11-8-9(14)3-4-12(11)16-10-2-1-6-15-7-5-10/h3-4,8,10,15H,1-2,5-7H2. The molecule has 2 rings (SSSR count). The second-order valence-electron chi connectivity index (χ2n) is 4.00. The van der Waals surface area contributed by atoms with Crippen LogP contribution in [0.3, 0.4) is 0 Å². The maximum atomic E-state index is 12.9. The quantitative estimate of drug-likeness (QED) is 0.903. The highest BCUT2D eigenvalue weighted by atomic mass is 79.9. The molecular formula is C12H15BrFNO. The van der Waals surface area contributed by atoms with Crippen LogP contribution in [-0.4, -0.2) is 19.2 Å². The Labute approximate surface area is 103 Å². The third kappa shape index (κ3) is 3.19. The van der Waals surface area contributed by atoms with E-state index in [0.717, 1.165) is 38.1 Å². The summed E-state index contributed by atoms with van der Waals surface area (Å²) in [5.74, 6) is 0.482. The number of hydrogen-bond donors (Lipinski definition) is 1. The normalized spacial score (nSPS) is 21.5. The fraction of sp³-hybridized carbons (Fsp3) is 0.500. The lowest BCUT2D eigenvalue weighted by atomic mass is 10.1. The van der Waals surface area contributed by atoms with Crippen LogP contribution in [0.1, 0.15) is 19.3 Å². The summed E-state index contributed by atoms with van der Waals surface area (Å²) in [7, 11) is 0. The maximum Gasteiger partial charge on any atom is 0.134 e. The van der Waals surface area contributed by atoms with Gasteiger partial charge in [0.1, 0.15) is 17.7 Å². The first-order valence-corrected chi connectivity index (χ1v) is 6.37. The number of ether oxygens (including phenoxy) is 1. The van der Waals surface area contributed by atoms with Gasteiger partial charge in [-0.1, -0.05) is 0 Å². The lowest BCUT2D eigenvalue weighted by Crippen LogP contribution is -2.19. The zero-order chi connectivity index (χ0) is 11.4. The van der Waals surface area contributed by atoms with E-state index in [2.05, 4.69) is 21.2 Å². The average molecular weight is 288 g/mol. The van der Waals surface area contributed by atoms with Gasteiger partial charge in [-0.15, -0.1) is 0 Å². The molecule has 1 aliphatic rings. The SMILES string of the molecule is Fc1ccc(OC2CCCNCC2)c(Br)c1. The van der Waals surface area contributed by atoms with E-state index in [-0.39, 0.29) is 11.9 Å². The molecule has 1 saturated heterocycles. The summed E-state index contributed by atoms with van der Waals surface area (Å²) in [4.78, 5) is 0. The first-order valence-electron chi connectivity index (χ1n) is 5.58. The van der Waals surface area contributed by atoms with E-state index in [4.69, 9.17) is 4.74 Å². The molecule has 1 N–H and O–H groups in total. The highest BCUT2D eigenvalue weighted by Gasteiger charge is 2.14. The highest BCUT2D eigenvalue weighted by Crippen LogP contribution is 2.27. The molecule has 4 heteroatoms. The van der Waals surface area contributed by atoms with E-state index in [9.17, 15) is 4.39 Å². The van der Waals surface area contributed by atoms with Gasteiger partial charge in [-0.2, -0.15) is 0 Å². The van der Waals surface area contributed by atoms with E-state index < -0.39 is 0 Å². The van der Waals surface area contributed by atoms with E-state index >= 15 is 0 Å². The van der Waals surface area contributed by atoms with Gasteiger partial charge < -0.3 is 10.1 Å². The van der Waals surface area contributed by atoms with E-state index in [1.165, 1.54) is 12.1 Å². The average Bonchev–Trinajstić information content (AvgIpc) is 2.51. The first kappa shape index (κ1) is 11.9. The number of rotatable bonds is 2. The van der Waals surface area contributed by atoms with Crippen molar-refractivity contribution in [3.05, 3.63) is 28.5 Å². The number of hydrogen-bond acceptors (Lipinski definition) is 2. The first-order chi connectivity index (χ1) is 7.75. The molecule has 0 saturated carbocycles. The molecule has 0 aliphatic carbocycles. The van der Waals surface area contributed by atoms with Gasteiger partial charge in [0.25, 0.3) is 0 Å². The van der Waals surface area contributed by atoms with E-state index in [0.29, 0.717) is 4.47 Å². The summed E-state index contributed by atoms with van der Waals surface area (Å²) in [6, 6.07) is 4.54. The Morgan fingerprint density at radius 1 is 1.31 bits per heavy atom. The molecule has 1 heterocycles. The lowest BCUT2D eigenvalue weighted by Gasteiger charge is -2.17. The van der Waals surface area contributed by atoms with Crippen molar-refractivity contribution in [2.24, 2.45) is 0 Å². The maximum absolute atomic E-state index is 12.9. The molecule has 0 spiro atoms. The largest absolute Gasteiger partial charge is 0.489 e. The minimum absolute atomic E-state index is 0.233. The molecule has 1 fully saturated rings. The zero-order valence-electron chi connectivity index (χ0n) is 9.01. The Morgan fingerprint density at radius 2 is 2.19 bits per heavy atom. The zero-order valence-corrected chi connectivity index (χ0v) is 10.6. The summed E-state index contributed by atoms with van der Waals surface area (Å²) < 4.78 is 19.4. The van der Waals surface area contributed by atoms with Crippen LogP contribution >= 0.6 is 15.9 Å². The molecule has 1 atom stereocenters. The molecule has 0 bridgehead atoms. The summed E-state index contributed by atoms with van der Waals surface area (Å²) >= 11 is 3.31. The van der Waals surface area contributed by atoms with Gasteiger partial charge in [0.05, 0.1) is 4.47 Å². The van der Waals surface area contributed by atoms with Gasteiger partial charge in [0.2, 0.25) is 0 Å². The molecular weight excluding hydrogens is 273 g/mol. The van der Waals surface area contributed by atoms with Crippen molar-refractivity contribution in [1.29, 1.82) is 0 Å². The second-order valence-corrected chi connectivity index (χ2v) is 4.85. The van der Waals surface area contributed by atoms with E-state index in [1.807, 2.05) is 0 Å². The fourth-order valence-electron chi connectivity index (χ4n) is 1.86. The number of benzene rings is 1. The summed E-state index contributed by atoms with van der Waals surface area (Å²) in [6.45, 7) is 2.05. The van der Waals surface area contributed by atoms with Crippen LogP contribution in [0.5, 0.6) is 5.75 Å². The van der Waals surface area contributed by atoms with Crippen molar-refractivity contribution in [3.8, 4) is 5.75 Å². The Balaban J connectivity index is 2.01. The monoisotopic (exact) mass is 287 g/mol. The molecule has 1 aromatic carbocycles. The third-order valence-electron chi connectivity index (χ3n) is 2.71. The van der Waals surface area contributed by atoms with Crippen LogP contribution in [0.2, 0.25) is 0 Å². The summed E-state index contributed by atoms with van der Waals surface area (Å²) in [5.41, 5.74) is 0. The number of nitrogens with one attached hydrogen (secondary N) is 1. The van der Waals surface area contributed by atoms with Crippen molar-refractivity contribution < 1.29 is 9.13 Å². The summed E-state index contributed by atoms with van der Waals surface area (Å²) in [6.07, 6.45) is 3.42. The summed E-state index contributed by atoms with van der Waals surface area (Å²) in [5, 5.41) is 3.34. The molecule has 16 heavy (non-hydrogen) atoms. The Bertz CT molecular complexity index is 351. The Kier molecular flexibility index (Phi) is 4.18. The predicted molar refractivity (Wildman–Crippen MR) is 65.2 cm³/mol. The van der Waals surface area contributed by atoms with Crippen molar-refractivity contribution in [2.45, 2.75) is 25.4 Å². The smallest absolute Gasteiger partial charge is 0.134 e. The van der Waals surface area contributed by atoms with Crippen molar-refractivity contribution >= 4 is 15.9 Å². The minimum atomic E-state index is -0.248. The predicted octanol–water partition coefficient (Wildman–Crippen LogP) is 3.11. The van der Waals surface area contributed by atoms with Crippen LogP contribution in [0, 0.1) is 5.82 Å². The van der Waals surface area contributed by atoms with Gasteiger partial charge in [0, 0.05) is 0 Å². The van der Waals surface area contributed by atoms with Gasteiger partial charge in [0.15, 0.2) is 0 Å². The van der Waals surface area contributed by atoms with Crippen LogP contribution in [0.4, 0.5) is 4.39 Å². The van der Waals surface area contributed by atoms with Crippen LogP contribution < -0.4 is 10.1 Å². The van der Waals surface area contributed by atoms with Gasteiger partial charge in [-0.3, -0.25) is 0 Å². The molecule has 2 nitrogen and oxygen atoms in total. The van der Waals surface area contributed by atoms with Crippen LogP contribution in [0.15, 0.2) is 22.7 Å².